The second kappa shape index (κ2) is 3.12. The monoisotopic (exact) mass is 175 g/mol. The number of nitrogens with zero attached hydrogens (tertiary/aromatic N) is 1. The van der Waals surface area contributed by atoms with Crippen LogP contribution in [0.1, 0.15) is 17.7 Å². The summed E-state index contributed by atoms with van der Waals surface area (Å²) in [4.78, 5) is 1.26. The first-order chi connectivity index (χ1) is 5.92. The van der Waals surface area contributed by atoms with E-state index in [1.165, 1.54) is 23.3 Å². The lowest BCUT2D eigenvalue weighted by Crippen LogP contribution is -1.80. The molecule has 0 unspecified atom stereocenters. The zero-order valence-corrected chi connectivity index (χ0v) is 7.47. The first-order valence-corrected chi connectivity index (χ1v) is 4.93. The molecule has 1 fully saturated rings. The summed E-state index contributed by atoms with van der Waals surface area (Å²) in [6.45, 7) is 0. The van der Waals surface area contributed by atoms with E-state index in [9.17, 15) is 0 Å². The topological polar surface area (TPSA) is 23.8 Å². The number of hydrogen-bond donors (Lipinski definition) is 0. The van der Waals surface area contributed by atoms with Gasteiger partial charge in [-0.3, -0.25) is 0 Å². The molecule has 2 rings (SSSR count). The average Bonchev–Trinajstić information content (AvgIpc) is 2.77. The van der Waals surface area contributed by atoms with Gasteiger partial charge < -0.3 is 0 Å². The van der Waals surface area contributed by atoms with Crippen LogP contribution in [0.15, 0.2) is 23.6 Å². The lowest BCUT2D eigenvalue weighted by atomic mass is 10.1. The summed E-state index contributed by atoms with van der Waals surface area (Å²) in [7, 11) is 0. The van der Waals surface area contributed by atoms with Crippen molar-refractivity contribution in [3.05, 3.63) is 28.5 Å². The molecule has 60 valence electrons. The summed E-state index contributed by atoms with van der Waals surface area (Å²) < 4.78 is 0. The Morgan fingerprint density at radius 3 is 3.00 bits per heavy atom. The van der Waals surface area contributed by atoms with Crippen molar-refractivity contribution in [3.63, 3.8) is 0 Å². The molecule has 0 atom stereocenters. The Morgan fingerprint density at radius 1 is 1.67 bits per heavy atom. The molecule has 0 saturated heterocycles. The van der Waals surface area contributed by atoms with Crippen molar-refractivity contribution in [1.29, 1.82) is 5.26 Å². The van der Waals surface area contributed by atoms with Gasteiger partial charge in [0.05, 0.1) is 6.07 Å². The third-order valence-electron chi connectivity index (χ3n) is 2.04. The summed E-state index contributed by atoms with van der Waals surface area (Å²) in [6.07, 6.45) is 4.21. The highest BCUT2D eigenvalue weighted by atomic mass is 32.1. The van der Waals surface area contributed by atoms with Gasteiger partial charge >= 0.3 is 0 Å². The second-order valence-electron chi connectivity index (χ2n) is 2.98. The van der Waals surface area contributed by atoms with Crippen LogP contribution in [-0.2, 0) is 0 Å². The van der Waals surface area contributed by atoms with E-state index in [4.69, 9.17) is 5.26 Å². The van der Waals surface area contributed by atoms with Crippen molar-refractivity contribution in [2.24, 2.45) is 5.92 Å². The smallest absolute Gasteiger partial charge is 0.0915 e. The van der Waals surface area contributed by atoms with Crippen molar-refractivity contribution in [1.82, 2.24) is 0 Å². The van der Waals surface area contributed by atoms with Crippen LogP contribution in [-0.4, -0.2) is 0 Å². The molecule has 1 aromatic heterocycles. The van der Waals surface area contributed by atoms with Gasteiger partial charge in [-0.05, 0) is 35.8 Å². The van der Waals surface area contributed by atoms with E-state index < -0.39 is 0 Å². The molecular formula is C10H9NS. The highest BCUT2D eigenvalue weighted by Crippen LogP contribution is 2.42. The minimum atomic E-state index is 0.670. The molecule has 0 amide bonds. The summed E-state index contributed by atoms with van der Waals surface area (Å²) in [6, 6.07) is 6.25. The van der Waals surface area contributed by atoms with Gasteiger partial charge in [0.2, 0.25) is 0 Å². The largest absolute Gasteiger partial charge is 0.193 e. The standard InChI is InChI=1S/C10H9NS/c11-6-5-9(8-3-4-8)10-2-1-7-12-10/h1-2,5,7-8H,3-4H2/b9-5-. The Kier molecular flexibility index (Phi) is 1.97. The molecule has 1 saturated carbocycles. The van der Waals surface area contributed by atoms with Gasteiger partial charge in [-0.2, -0.15) is 5.26 Å². The van der Waals surface area contributed by atoms with Crippen LogP contribution in [0.25, 0.3) is 5.57 Å². The number of rotatable bonds is 2. The van der Waals surface area contributed by atoms with Crippen LogP contribution < -0.4 is 0 Å². The van der Waals surface area contributed by atoms with E-state index in [-0.39, 0.29) is 0 Å². The zero-order chi connectivity index (χ0) is 8.39. The molecule has 1 heterocycles. The quantitative estimate of drug-likeness (QED) is 0.634. The Bertz CT molecular complexity index is 325. The van der Waals surface area contributed by atoms with E-state index in [1.807, 2.05) is 6.07 Å². The van der Waals surface area contributed by atoms with Crippen LogP contribution in [0.2, 0.25) is 0 Å². The minimum Gasteiger partial charge on any atom is -0.193 e. The predicted octanol–water partition coefficient (Wildman–Crippen LogP) is 3.07. The first-order valence-electron chi connectivity index (χ1n) is 4.05. The summed E-state index contributed by atoms with van der Waals surface area (Å²) >= 11 is 1.72. The number of hydrogen-bond acceptors (Lipinski definition) is 2. The van der Waals surface area contributed by atoms with E-state index in [0.717, 1.165) is 0 Å². The molecule has 0 N–H and O–H groups in total. The number of nitriles is 1. The van der Waals surface area contributed by atoms with Gasteiger partial charge in [-0.25, -0.2) is 0 Å². The second-order valence-corrected chi connectivity index (χ2v) is 3.93. The molecule has 2 heteroatoms. The fourth-order valence-electron chi connectivity index (χ4n) is 1.30. The zero-order valence-electron chi connectivity index (χ0n) is 6.66. The highest BCUT2D eigenvalue weighted by molar-refractivity contribution is 7.11. The fourth-order valence-corrected chi connectivity index (χ4v) is 2.12. The minimum absolute atomic E-state index is 0.670. The molecule has 12 heavy (non-hydrogen) atoms. The van der Waals surface area contributed by atoms with Crippen LogP contribution in [0, 0.1) is 17.2 Å². The maximum absolute atomic E-state index is 8.59. The van der Waals surface area contributed by atoms with Gasteiger partial charge in [0.1, 0.15) is 0 Å². The lowest BCUT2D eigenvalue weighted by Gasteiger charge is -1.98. The molecule has 0 radical (unpaired) electrons. The number of thiophene rings is 1. The van der Waals surface area contributed by atoms with Crippen molar-refractivity contribution >= 4 is 16.9 Å². The summed E-state index contributed by atoms with van der Waals surface area (Å²) in [5, 5.41) is 10.6. The molecule has 0 spiro atoms. The van der Waals surface area contributed by atoms with Crippen molar-refractivity contribution in [2.75, 3.05) is 0 Å². The van der Waals surface area contributed by atoms with Gasteiger partial charge in [-0.1, -0.05) is 6.07 Å². The number of allylic oxidation sites excluding steroid dienone is 2. The van der Waals surface area contributed by atoms with Gasteiger partial charge in [0.15, 0.2) is 0 Å². The maximum atomic E-state index is 8.59. The molecule has 1 aromatic rings. The van der Waals surface area contributed by atoms with E-state index >= 15 is 0 Å². The Labute approximate surface area is 76.0 Å². The molecule has 0 aliphatic heterocycles. The molecular weight excluding hydrogens is 166 g/mol. The van der Waals surface area contributed by atoms with E-state index in [1.54, 1.807) is 17.4 Å². The molecule has 0 aromatic carbocycles. The third-order valence-corrected chi connectivity index (χ3v) is 2.96. The van der Waals surface area contributed by atoms with Crippen LogP contribution >= 0.6 is 11.3 Å². The van der Waals surface area contributed by atoms with Crippen LogP contribution in [0.3, 0.4) is 0 Å². The maximum Gasteiger partial charge on any atom is 0.0915 e. The SMILES string of the molecule is N#C/C=C(\c1cccs1)C1CC1. The normalized spacial score (nSPS) is 17.4. The van der Waals surface area contributed by atoms with Crippen molar-refractivity contribution in [2.45, 2.75) is 12.8 Å². The van der Waals surface area contributed by atoms with Gasteiger partial charge in [0.25, 0.3) is 0 Å². The van der Waals surface area contributed by atoms with Gasteiger partial charge in [0, 0.05) is 11.0 Å². The van der Waals surface area contributed by atoms with Crippen LogP contribution in [0.5, 0.6) is 0 Å². The summed E-state index contributed by atoms with van der Waals surface area (Å²) in [5.74, 6) is 0.670. The third kappa shape index (κ3) is 1.41. The molecule has 1 aliphatic rings. The predicted molar refractivity (Wildman–Crippen MR) is 50.6 cm³/mol. The van der Waals surface area contributed by atoms with Crippen molar-refractivity contribution < 1.29 is 0 Å². The molecule has 0 bridgehead atoms. The molecule has 1 nitrogen and oxygen atoms in total. The highest BCUT2D eigenvalue weighted by Gasteiger charge is 2.27. The lowest BCUT2D eigenvalue weighted by molar-refractivity contribution is 1.16. The Hall–Kier alpha value is -1.07. The average molecular weight is 175 g/mol. The Balaban J connectivity index is 2.29. The fraction of sp³-hybridized carbons (Fsp3) is 0.300. The van der Waals surface area contributed by atoms with E-state index in [0.29, 0.717) is 5.92 Å². The van der Waals surface area contributed by atoms with Crippen LogP contribution in [0.4, 0.5) is 0 Å². The first kappa shape index (κ1) is 7.57. The van der Waals surface area contributed by atoms with Gasteiger partial charge in [-0.15, -0.1) is 11.3 Å². The summed E-state index contributed by atoms with van der Waals surface area (Å²) in [5.41, 5.74) is 1.24. The van der Waals surface area contributed by atoms with E-state index in [2.05, 4.69) is 17.5 Å². The Morgan fingerprint density at radius 2 is 2.50 bits per heavy atom. The van der Waals surface area contributed by atoms with Crippen molar-refractivity contribution in [3.8, 4) is 6.07 Å². The molecule has 1 aliphatic carbocycles.